The first-order valence-electron chi connectivity index (χ1n) is 5.80. The quantitative estimate of drug-likeness (QED) is 0.748. The fourth-order valence-electron chi connectivity index (χ4n) is 1.92. The maximum Gasteiger partial charge on any atom is 0.120 e. The third-order valence-corrected chi connectivity index (χ3v) is 4.17. The first-order valence-corrected chi connectivity index (χ1v) is 7.06. The Hall–Kier alpha value is -1.71. The van der Waals surface area contributed by atoms with Crippen molar-refractivity contribution in [1.82, 2.24) is 0 Å². The highest BCUT2D eigenvalue weighted by Gasteiger charge is 2.08. The average Bonchev–Trinajstić information content (AvgIpc) is 2.83. The summed E-state index contributed by atoms with van der Waals surface area (Å²) in [5.41, 5.74) is 1.08. The van der Waals surface area contributed by atoms with Gasteiger partial charge in [-0.25, -0.2) is 0 Å². The van der Waals surface area contributed by atoms with Gasteiger partial charge >= 0.3 is 0 Å². The van der Waals surface area contributed by atoms with Gasteiger partial charge in [0.05, 0.1) is 0 Å². The molecule has 0 saturated carbocycles. The molecule has 0 amide bonds. The summed E-state index contributed by atoms with van der Waals surface area (Å²) in [5, 5.41) is 13.1. The molecule has 0 unspecified atom stereocenters. The summed E-state index contributed by atoms with van der Waals surface area (Å²) in [7, 11) is 0. The largest absolute Gasteiger partial charge is 0.508 e. The first kappa shape index (κ1) is 12.3. The third kappa shape index (κ3) is 2.53. The summed E-state index contributed by atoms with van der Waals surface area (Å²) in [6, 6.07) is 12.6. The van der Waals surface area contributed by atoms with Gasteiger partial charge in [0.1, 0.15) is 18.1 Å². The number of thiophene rings is 1. The summed E-state index contributed by atoms with van der Waals surface area (Å²) in [4.78, 5) is 0. The Balaban J connectivity index is 1.84. The second-order valence-electron chi connectivity index (χ2n) is 4.16. The molecule has 0 spiro atoms. The summed E-state index contributed by atoms with van der Waals surface area (Å²) in [6.07, 6.45) is 0. The fourth-order valence-corrected chi connectivity index (χ4v) is 3.24. The van der Waals surface area contributed by atoms with Gasteiger partial charge in [-0.2, -0.15) is 0 Å². The number of ether oxygens (including phenoxy) is 1. The van der Waals surface area contributed by atoms with E-state index in [2.05, 4.69) is 11.4 Å². The van der Waals surface area contributed by atoms with Crippen LogP contribution in [0.15, 0.2) is 47.8 Å². The van der Waals surface area contributed by atoms with Crippen LogP contribution in [0.1, 0.15) is 5.56 Å². The van der Waals surface area contributed by atoms with Crippen LogP contribution in [-0.2, 0) is 6.61 Å². The highest BCUT2D eigenvalue weighted by atomic mass is 35.5. The van der Waals surface area contributed by atoms with Gasteiger partial charge in [-0.3, -0.25) is 0 Å². The van der Waals surface area contributed by atoms with E-state index in [0.717, 1.165) is 26.4 Å². The summed E-state index contributed by atoms with van der Waals surface area (Å²) < 4.78 is 6.87. The van der Waals surface area contributed by atoms with Crippen molar-refractivity contribution in [3.05, 3.63) is 58.4 Å². The Morgan fingerprint density at radius 3 is 2.68 bits per heavy atom. The van der Waals surface area contributed by atoms with Crippen molar-refractivity contribution in [2.24, 2.45) is 0 Å². The standard InChI is InChI=1S/C15H11ClO2S/c16-13-2-1-3-14-15(13)10(9-19-14)8-18-12-6-4-11(17)5-7-12/h1-7,9,17H,8H2. The predicted octanol–water partition coefficient (Wildman–Crippen LogP) is 4.84. The summed E-state index contributed by atoms with van der Waals surface area (Å²) in [6.45, 7) is 0.467. The van der Waals surface area contributed by atoms with Gasteiger partial charge in [-0.1, -0.05) is 17.7 Å². The van der Waals surface area contributed by atoms with Crippen LogP contribution in [0.2, 0.25) is 5.02 Å². The van der Waals surface area contributed by atoms with E-state index in [0.29, 0.717) is 6.61 Å². The molecule has 1 heterocycles. The lowest BCUT2D eigenvalue weighted by Crippen LogP contribution is -1.94. The third-order valence-electron chi connectivity index (χ3n) is 2.86. The summed E-state index contributed by atoms with van der Waals surface area (Å²) >= 11 is 7.89. The zero-order chi connectivity index (χ0) is 13.2. The molecule has 3 rings (SSSR count). The molecule has 0 aliphatic rings. The minimum Gasteiger partial charge on any atom is -0.508 e. The fraction of sp³-hybridized carbons (Fsp3) is 0.0667. The van der Waals surface area contributed by atoms with Crippen molar-refractivity contribution in [3.8, 4) is 11.5 Å². The smallest absolute Gasteiger partial charge is 0.120 e. The van der Waals surface area contributed by atoms with E-state index in [1.807, 2.05) is 12.1 Å². The van der Waals surface area contributed by atoms with Crippen molar-refractivity contribution < 1.29 is 9.84 Å². The Morgan fingerprint density at radius 1 is 1.11 bits per heavy atom. The van der Waals surface area contributed by atoms with Crippen LogP contribution in [0.25, 0.3) is 10.1 Å². The van der Waals surface area contributed by atoms with Gasteiger partial charge in [0.2, 0.25) is 0 Å². The number of fused-ring (bicyclic) bond motifs is 1. The molecule has 0 atom stereocenters. The van der Waals surface area contributed by atoms with Crippen molar-refractivity contribution in [2.75, 3.05) is 0 Å². The number of benzene rings is 2. The summed E-state index contributed by atoms with van der Waals surface area (Å²) in [5.74, 6) is 0.959. The van der Waals surface area contributed by atoms with Crippen molar-refractivity contribution in [1.29, 1.82) is 0 Å². The zero-order valence-corrected chi connectivity index (χ0v) is 11.5. The van der Waals surface area contributed by atoms with Crippen molar-refractivity contribution >= 4 is 33.0 Å². The number of halogens is 1. The lowest BCUT2D eigenvalue weighted by molar-refractivity contribution is 0.307. The molecule has 4 heteroatoms. The molecule has 96 valence electrons. The normalized spacial score (nSPS) is 10.8. The molecule has 0 saturated heterocycles. The minimum absolute atomic E-state index is 0.233. The zero-order valence-electron chi connectivity index (χ0n) is 9.97. The number of hydrogen-bond acceptors (Lipinski definition) is 3. The monoisotopic (exact) mass is 290 g/mol. The van der Waals surface area contributed by atoms with Crippen LogP contribution < -0.4 is 4.74 Å². The predicted molar refractivity (Wildman–Crippen MR) is 79.3 cm³/mol. The second kappa shape index (κ2) is 5.11. The van der Waals surface area contributed by atoms with E-state index in [4.69, 9.17) is 16.3 Å². The Labute approximate surface area is 119 Å². The molecule has 0 bridgehead atoms. The van der Waals surface area contributed by atoms with Crippen LogP contribution in [0.5, 0.6) is 11.5 Å². The first-order chi connectivity index (χ1) is 9.24. The molecule has 1 N–H and O–H groups in total. The van der Waals surface area contributed by atoms with Gasteiger partial charge in [-0.05, 0) is 41.8 Å². The van der Waals surface area contributed by atoms with E-state index < -0.39 is 0 Å². The number of phenols is 1. The van der Waals surface area contributed by atoms with Gasteiger partial charge < -0.3 is 9.84 Å². The van der Waals surface area contributed by atoms with E-state index >= 15 is 0 Å². The van der Waals surface area contributed by atoms with E-state index in [9.17, 15) is 5.11 Å². The minimum atomic E-state index is 0.233. The molecular formula is C15H11ClO2S. The number of hydrogen-bond donors (Lipinski definition) is 1. The van der Waals surface area contributed by atoms with Crippen LogP contribution in [0, 0.1) is 0 Å². The van der Waals surface area contributed by atoms with Gasteiger partial charge in [-0.15, -0.1) is 11.3 Å². The lowest BCUT2D eigenvalue weighted by atomic mass is 10.2. The second-order valence-corrected chi connectivity index (χ2v) is 5.47. The maximum atomic E-state index is 9.22. The van der Waals surface area contributed by atoms with Gasteiger partial charge in [0, 0.05) is 20.7 Å². The molecule has 0 fully saturated rings. The topological polar surface area (TPSA) is 29.5 Å². The maximum absolute atomic E-state index is 9.22. The molecule has 2 nitrogen and oxygen atoms in total. The Kier molecular flexibility index (Phi) is 3.32. The van der Waals surface area contributed by atoms with Gasteiger partial charge in [0.15, 0.2) is 0 Å². The number of phenolic OH excluding ortho intramolecular Hbond substituents is 1. The molecular weight excluding hydrogens is 280 g/mol. The van der Waals surface area contributed by atoms with E-state index in [-0.39, 0.29) is 5.75 Å². The lowest BCUT2D eigenvalue weighted by Gasteiger charge is -2.06. The van der Waals surface area contributed by atoms with Gasteiger partial charge in [0.25, 0.3) is 0 Å². The SMILES string of the molecule is Oc1ccc(OCc2csc3cccc(Cl)c23)cc1. The van der Waals surface area contributed by atoms with E-state index in [1.165, 1.54) is 0 Å². The van der Waals surface area contributed by atoms with Crippen LogP contribution in [0.3, 0.4) is 0 Å². The average molecular weight is 291 g/mol. The highest BCUT2D eigenvalue weighted by Crippen LogP contribution is 2.32. The highest BCUT2D eigenvalue weighted by molar-refractivity contribution is 7.17. The van der Waals surface area contributed by atoms with Crippen molar-refractivity contribution in [2.45, 2.75) is 6.61 Å². The van der Waals surface area contributed by atoms with Crippen LogP contribution in [0.4, 0.5) is 0 Å². The van der Waals surface area contributed by atoms with Crippen LogP contribution >= 0.6 is 22.9 Å². The molecule has 19 heavy (non-hydrogen) atoms. The number of aromatic hydroxyl groups is 1. The molecule has 2 aromatic carbocycles. The molecule has 1 aromatic heterocycles. The van der Waals surface area contributed by atoms with E-state index in [1.54, 1.807) is 35.6 Å². The number of rotatable bonds is 3. The Morgan fingerprint density at radius 2 is 1.89 bits per heavy atom. The molecule has 3 aromatic rings. The molecule has 0 aliphatic carbocycles. The van der Waals surface area contributed by atoms with Crippen molar-refractivity contribution in [3.63, 3.8) is 0 Å². The molecule has 0 aliphatic heterocycles. The molecule has 0 radical (unpaired) electrons. The van der Waals surface area contributed by atoms with Crippen LogP contribution in [-0.4, -0.2) is 5.11 Å². The Bertz CT molecular complexity index is 704.